The average molecular weight is 607 g/mol. The molecular formula is C13H22N10O10S4. The highest BCUT2D eigenvalue weighted by Crippen LogP contribution is 2.27. The van der Waals surface area contributed by atoms with Gasteiger partial charge in [0, 0.05) is 26.2 Å². The number of aromatic nitrogens is 3. The standard InChI is InChI=1S/C13H22N10O10S4/c14-36(30,31)18-5-3-16-11-21-12(17-4-6-19-37(15,32)33)23-13(22-11)20-9-7-8(34(24,25)26)1-2-10(9)35(27,28)29/h1-2,7,18-19H,3-6H2,(H2,14,30,31)(H2,15,32,33)(H,24,25,26)(H,27,28,29)(H3,16,17,20,21,22,23). The van der Waals surface area contributed by atoms with Gasteiger partial charge in [0.25, 0.3) is 40.7 Å². The molecule has 0 aliphatic carbocycles. The van der Waals surface area contributed by atoms with Crippen molar-refractivity contribution in [2.24, 2.45) is 10.3 Å². The van der Waals surface area contributed by atoms with Gasteiger partial charge in [0.2, 0.25) is 17.8 Å². The highest BCUT2D eigenvalue weighted by Gasteiger charge is 2.21. The molecule has 0 spiro atoms. The minimum atomic E-state index is -4.89. The molecular weight excluding hydrogens is 584 g/mol. The van der Waals surface area contributed by atoms with Gasteiger partial charge in [-0.15, -0.1) is 0 Å². The van der Waals surface area contributed by atoms with E-state index in [1.165, 1.54) is 0 Å². The lowest BCUT2D eigenvalue weighted by molar-refractivity contribution is 0.479. The van der Waals surface area contributed by atoms with Gasteiger partial charge >= 0.3 is 0 Å². The maximum Gasteiger partial charge on any atom is 0.296 e. The zero-order valence-corrected chi connectivity index (χ0v) is 21.6. The topological polar surface area (TPSA) is 328 Å². The smallest absolute Gasteiger partial charge is 0.296 e. The van der Waals surface area contributed by atoms with Gasteiger partial charge in [-0.1, -0.05) is 0 Å². The summed E-state index contributed by atoms with van der Waals surface area (Å²) in [7, 11) is -17.6. The minimum absolute atomic E-state index is 0.0964. The van der Waals surface area contributed by atoms with Gasteiger partial charge in [0.1, 0.15) is 4.90 Å². The van der Waals surface area contributed by atoms with Crippen molar-refractivity contribution < 1.29 is 42.8 Å². The van der Waals surface area contributed by atoms with Gasteiger partial charge in [-0.3, -0.25) is 9.11 Å². The van der Waals surface area contributed by atoms with Gasteiger partial charge in [0.05, 0.1) is 10.6 Å². The molecule has 1 aromatic heterocycles. The molecule has 0 atom stereocenters. The van der Waals surface area contributed by atoms with Crippen LogP contribution in [0.1, 0.15) is 0 Å². The summed E-state index contributed by atoms with van der Waals surface area (Å²) in [5.41, 5.74) is -0.549. The largest absolute Gasteiger partial charge is 0.353 e. The molecule has 0 fully saturated rings. The number of nitrogens with two attached hydrogens (primary N) is 2. The van der Waals surface area contributed by atoms with Crippen molar-refractivity contribution in [1.82, 2.24) is 24.4 Å². The number of hydrogen-bond donors (Lipinski definition) is 9. The third kappa shape index (κ3) is 11.0. The SMILES string of the molecule is NS(=O)(=O)NCCNc1nc(NCCNS(N)(=O)=O)nc(Nc2cc(S(=O)(=O)O)ccc2S(=O)(=O)O)n1. The van der Waals surface area contributed by atoms with Crippen LogP contribution < -0.4 is 35.7 Å². The Morgan fingerprint density at radius 2 is 1.14 bits per heavy atom. The number of nitrogens with one attached hydrogen (secondary N) is 5. The van der Waals surface area contributed by atoms with E-state index in [1.807, 2.05) is 9.44 Å². The van der Waals surface area contributed by atoms with Crippen LogP contribution in [-0.2, 0) is 40.7 Å². The average Bonchev–Trinajstić information content (AvgIpc) is 2.71. The Balaban J connectivity index is 2.40. The van der Waals surface area contributed by atoms with Crippen molar-refractivity contribution >= 4 is 64.2 Å². The third-order valence-electron chi connectivity index (χ3n) is 3.83. The fourth-order valence-electron chi connectivity index (χ4n) is 2.44. The van der Waals surface area contributed by atoms with Crippen LogP contribution >= 0.6 is 0 Å². The van der Waals surface area contributed by atoms with E-state index >= 15 is 0 Å². The van der Waals surface area contributed by atoms with E-state index in [0.717, 1.165) is 6.07 Å². The van der Waals surface area contributed by atoms with Gasteiger partial charge in [-0.25, -0.2) is 19.7 Å². The summed E-state index contributed by atoms with van der Waals surface area (Å²) in [6, 6.07) is 2.13. The van der Waals surface area contributed by atoms with E-state index in [2.05, 4.69) is 30.9 Å². The molecule has 20 nitrogen and oxygen atoms in total. The molecule has 0 saturated heterocycles. The summed E-state index contributed by atoms with van der Waals surface area (Å²) in [4.78, 5) is 10.3. The van der Waals surface area contributed by atoms with Crippen LogP contribution in [0.25, 0.3) is 0 Å². The Bertz CT molecular complexity index is 1500. The molecule has 1 aromatic carbocycles. The maximum absolute atomic E-state index is 11.7. The quantitative estimate of drug-likeness (QED) is 0.0744. The zero-order chi connectivity index (χ0) is 28.1. The molecule has 0 aliphatic heterocycles. The number of benzene rings is 1. The molecule has 11 N–H and O–H groups in total. The van der Waals surface area contributed by atoms with Gasteiger partial charge < -0.3 is 16.0 Å². The number of hydrogen-bond acceptors (Lipinski definition) is 14. The van der Waals surface area contributed by atoms with Gasteiger partial charge in [-0.2, -0.15) is 48.6 Å². The predicted molar refractivity (Wildman–Crippen MR) is 128 cm³/mol. The number of anilines is 4. The first-order chi connectivity index (χ1) is 16.8. The summed E-state index contributed by atoms with van der Waals surface area (Å²) in [6.07, 6.45) is 0. The van der Waals surface area contributed by atoms with Crippen LogP contribution in [0.3, 0.4) is 0 Å². The Morgan fingerprint density at radius 1 is 0.676 bits per heavy atom. The van der Waals surface area contributed by atoms with Crippen LogP contribution in [0, 0.1) is 0 Å². The number of nitrogens with zero attached hydrogens (tertiary/aromatic N) is 3. The molecule has 0 radical (unpaired) electrons. The molecule has 0 amide bonds. The van der Waals surface area contributed by atoms with Crippen LogP contribution in [-0.4, -0.2) is 83.9 Å². The van der Waals surface area contributed by atoms with E-state index in [0.29, 0.717) is 12.1 Å². The van der Waals surface area contributed by atoms with E-state index in [9.17, 15) is 42.8 Å². The van der Waals surface area contributed by atoms with Crippen molar-refractivity contribution in [3.8, 4) is 0 Å². The lowest BCUT2D eigenvalue weighted by atomic mass is 10.3. The minimum Gasteiger partial charge on any atom is -0.353 e. The first-order valence-electron chi connectivity index (χ1n) is 9.48. The van der Waals surface area contributed by atoms with Crippen LogP contribution in [0.15, 0.2) is 28.0 Å². The van der Waals surface area contributed by atoms with Crippen molar-refractivity contribution in [3.05, 3.63) is 18.2 Å². The summed E-state index contributed by atoms with van der Waals surface area (Å²) >= 11 is 0. The molecule has 208 valence electrons. The molecule has 0 bridgehead atoms. The molecule has 2 aromatic rings. The number of rotatable bonds is 14. The van der Waals surface area contributed by atoms with Crippen molar-refractivity contribution in [2.75, 3.05) is 42.1 Å². The van der Waals surface area contributed by atoms with E-state index in [4.69, 9.17) is 10.3 Å². The molecule has 37 heavy (non-hydrogen) atoms. The van der Waals surface area contributed by atoms with Gasteiger partial charge in [0.15, 0.2) is 0 Å². The van der Waals surface area contributed by atoms with Crippen molar-refractivity contribution in [1.29, 1.82) is 0 Å². The summed E-state index contributed by atoms with van der Waals surface area (Å²) in [6.45, 7) is -0.586. The zero-order valence-electron chi connectivity index (χ0n) is 18.4. The summed E-state index contributed by atoms with van der Waals surface area (Å²) in [5, 5.41) is 17.3. The first-order valence-corrected chi connectivity index (χ1v) is 15.5. The second kappa shape index (κ2) is 11.7. The van der Waals surface area contributed by atoms with Crippen LogP contribution in [0.2, 0.25) is 0 Å². The molecule has 0 saturated carbocycles. The molecule has 0 unspecified atom stereocenters. The van der Waals surface area contributed by atoms with E-state index < -0.39 is 62.1 Å². The fraction of sp³-hybridized carbons (Fsp3) is 0.308. The van der Waals surface area contributed by atoms with Crippen molar-refractivity contribution in [2.45, 2.75) is 9.79 Å². The van der Waals surface area contributed by atoms with Crippen LogP contribution in [0.4, 0.5) is 23.5 Å². The monoisotopic (exact) mass is 606 g/mol. The predicted octanol–water partition coefficient (Wildman–Crippen LogP) is -3.48. The second-order valence-corrected chi connectivity index (χ2v) is 12.3. The maximum atomic E-state index is 11.7. The van der Waals surface area contributed by atoms with E-state index in [-0.39, 0.29) is 38.1 Å². The normalized spacial score (nSPS) is 12.8. The van der Waals surface area contributed by atoms with E-state index in [1.54, 1.807) is 0 Å². The van der Waals surface area contributed by atoms with Crippen molar-refractivity contribution in [3.63, 3.8) is 0 Å². The Morgan fingerprint density at radius 3 is 1.54 bits per heavy atom. The Kier molecular flexibility index (Phi) is 9.63. The molecule has 1 heterocycles. The lowest BCUT2D eigenvalue weighted by Gasteiger charge is -2.13. The highest BCUT2D eigenvalue weighted by molar-refractivity contribution is 7.87. The Hall–Kier alpha value is -2.81. The fourth-order valence-corrected chi connectivity index (χ4v) is 4.35. The van der Waals surface area contributed by atoms with Gasteiger partial charge in [-0.05, 0) is 18.2 Å². The summed E-state index contributed by atoms with van der Waals surface area (Å²) < 4.78 is 113. The highest BCUT2D eigenvalue weighted by atomic mass is 32.2. The second-order valence-electron chi connectivity index (χ2n) is 6.77. The molecule has 24 heteroatoms. The molecule has 0 aliphatic rings. The Labute approximate surface area is 211 Å². The first kappa shape index (κ1) is 30.4. The molecule has 2 rings (SSSR count). The third-order valence-corrected chi connectivity index (χ3v) is 6.81. The van der Waals surface area contributed by atoms with Crippen LogP contribution in [0.5, 0.6) is 0 Å². The summed E-state index contributed by atoms with van der Waals surface area (Å²) in [5.74, 6) is -0.846. The lowest BCUT2D eigenvalue weighted by Crippen LogP contribution is -2.34.